The number of halogens is 1. The lowest BCUT2D eigenvalue weighted by atomic mass is 10.0. The van der Waals surface area contributed by atoms with Gasteiger partial charge in [-0.05, 0) is 17.5 Å². The summed E-state index contributed by atoms with van der Waals surface area (Å²) in [5.41, 5.74) is 1.35. The zero-order chi connectivity index (χ0) is 15.0. The maximum atomic E-state index is 13.2. The number of carboxylic acid groups (broad SMARTS) is 1. The second kappa shape index (κ2) is 5.42. The SMILES string of the molecule is O=C(O)[C@H](c1ccccc1Cl)[N+]1([O-])CCc2sccc2C1. The highest BCUT2D eigenvalue weighted by Gasteiger charge is 2.40. The van der Waals surface area contributed by atoms with Crippen molar-refractivity contribution in [2.45, 2.75) is 19.0 Å². The number of aliphatic carboxylic acids is 1. The molecule has 21 heavy (non-hydrogen) atoms. The van der Waals surface area contributed by atoms with E-state index in [-0.39, 0.29) is 13.1 Å². The van der Waals surface area contributed by atoms with E-state index in [1.165, 1.54) is 4.88 Å². The van der Waals surface area contributed by atoms with Gasteiger partial charge in [0.15, 0.2) is 0 Å². The number of carbonyl (C=O) groups is 1. The third-order valence-electron chi connectivity index (χ3n) is 3.90. The van der Waals surface area contributed by atoms with Crippen molar-refractivity contribution in [3.05, 3.63) is 61.9 Å². The Kier molecular flexibility index (Phi) is 3.75. The van der Waals surface area contributed by atoms with E-state index in [1.54, 1.807) is 35.6 Å². The molecular formula is C15H14ClNO3S. The van der Waals surface area contributed by atoms with E-state index in [0.29, 0.717) is 17.0 Å². The largest absolute Gasteiger partial charge is 0.632 e. The topological polar surface area (TPSA) is 60.4 Å². The van der Waals surface area contributed by atoms with Crippen molar-refractivity contribution >= 4 is 28.9 Å². The molecule has 1 aromatic heterocycles. The van der Waals surface area contributed by atoms with Crippen LogP contribution < -0.4 is 0 Å². The van der Waals surface area contributed by atoms with E-state index in [4.69, 9.17) is 11.6 Å². The molecule has 1 N–H and O–H groups in total. The zero-order valence-corrected chi connectivity index (χ0v) is 12.7. The molecule has 0 aliphatic carbocycles. The third-order valence-corrected chi connectivity index (χ3v) is 5.26. The van der Waals surface area contributed by atoms with Crippen LogP contribution in [0.4, 0.5) is 0 Å². The first kappa shape index (κ1) is 14.5. The molecule has 0 fully saturated rings. The summed E-state index contributed by atoms with van der Waals surface area (Å²) in [4.78, 5) is 12.9. The predicted molar refractivity (Wildman–Crippen MR) is 82.1 cm³/mol. The molecule has 1 aliphatic rings. The summed E-state index contributed by atoms with van der Waals surface area (Å²) in [6.07, 6.45) is 0.616. The Bertz CT molecular complexity index is 687. The second-order valence-electron chi connectivity index (χ2n) is 5.22. The molecule has 4 nitrogen and oxygen atoms in total. The van der Waals surface area contributed by atoms with E-state index >= 15 is 0 Å². The van der Waals surface area contributed by atoms with E-state index in [9.17, 15) is 15.1 Å². The summed E-state index contributed by atoms with van der Waals surface area (Å²) < 4.78 is -0.789. The Hall–Kier alpha value is -1.40. The summed E-state index contributed by atoms with van der Waals surface area (Å²) in [6.45, 7) is 0.441. The van der Waals surface area contributed by atoms with Crippen LogP contribution in [0.25, 0.3) is 0 Å². The number of hydrogen-bond donors (Lipinski definition) is 1. The molecule has 0 saturated heterocycles. The van der Waals surface area contributed by atoms with Gasteiger partial charge in [-0.2, -0.15) is 0 Å². The molecule has 0 saturated carbocycles. The Morgan fingerprint density at radius 3 is 2.86 bits per heavy atom. The number of thiophene rings is 1. The summed E-state index contributed by atoms with van der Waals surface area (Å²) in [5, 5.41) is 25.1. The maximum absolute atomic E-state index is 13.2. The number of benzene rings is 1. The highest BCUT2D eigenvalue weighted by molar-refractivity contribution is 7.10. The van der Waals surface area contributed by atoms with Crippen molar-refractivity contribution in [1.82, 2.24) is 0 Å². The predicted octanol–water partition coefficient (Wildman–Crippen LogP) is 3.60. The average molecular weight is 324 g/mol. The number of quaternary nitrogens is 1. The first-order valence-corrected chi connectivity index (χ1v) is 7.87. The minimum atomic E-state index is -1.19. The fourth-order valence-electron chi connectivity index (χ4n) is 2.89. The molecule has 0 amide bonds. The molecule has 0 bridgehead atoms. The van der Waals surface area contributed by atoms with Crippen LogP contribution in [0.1, 0.15) is 22.0 Å². The molecular weight excluding hydrogens is 310 g/mol. The molecule has 1 unspecified atom stereocenters. The number of rotatable bonds is 3. The summed E-state index contributed by atoms with van der Waals surface area (Å²) in [7, 11) is 0. The van der Waals surface area contributed by atoms with Gasteiger partial charge in [0.1, 0.15) is 6.54 Å². The normalized spacial score (nSPS) is 22.6. The molecule has 0 spiro atoms. The number of carboxylic acids is 1. The van der Waals surface area contributed by atoms with E-state index in [2.05, 4.69) is 0 Å². The minimum Gasteiger partial charge on any atom is -0.632 e. The van der Waals surface area contributed by atoms with Gasteiger partial charge in [-0.3, -0.25) is 0 Å². The van der Waals surface area contributed by atoms with Crippen molar-refractivity contribution in [3.63, 3.8) is 0 Å². The molecule has 3 rings (SSSR count). The smallest absolute Gasteiger partial charge is 0.367 e. The number of fused-ring (bicyclic) bond motifs is 1. The van der Waals surface area contributed by atoms with Gasteiger partial charge in [-0.25, -0.2) is 4.79 Å². The lowest BCUT2D eigenvalue weighted by Crippen LogP contribution is -2.51. The van der Waals surface area contributed by atoms with Gasteiger partial charge in [0.25, 0.3) is 0 Å². The van der Waals surface area contributed by atoms with Crippen LogP contribution in [0.15, 0.2) is 35.7 Å². The first-order chi connectivity index (χ1) is 10.0. The number of nitrogens with zero attached hydrogens (tertiary/aromatic N) is 1. The van der Waals surface area contributed by atoms with Crippen molar-refractivity contribution in [3.8, 4) is 0 Å². The fraction of sp³-hybridized carbons (Fsp3) is 0.267. The van der Waals surface area contributed by atoms with Crippen molar-refractivity contribution in [2.24, 2.45) is 0 Å². The molecule has 110 valence electrons. The summed E-state index contributed by atoms with van der Waals surface area (Å²) in [6, 6.07) is 7.42. The van der Waals surface area contributed by atoms with Gasteiger partial charge >= 0.3 is 5.97 Å². The van der Waals surface area contributed by atoms with Crippen LogP contribution in [-0.2, 0) is 17.8 Å². The fourth-order valence-corrected chi connectivity index (χ4v) is 4.02. The van der Waals surface area contributed by atoms with Crippen LogP contribution in [0.2, 0.25) is 5.02 Å². The number of hydroxylamine groups is 3. The van der Waals surface area contributed by atoms with E-state index in [1.807, 2.05) is 11.4 Å². The Morgan fingerprint density at radius 1 is 1.38 bits per heavy atom. The van der Waals surface area contributed by atoms with Crippen LogP contribution in [-0.4, -0.2) is 22.3 Å². The summed E-state index contributed by atoms with van der Waals surface area (Å²) in [5.74, 6) is -1.13. The lowest BCUT2D eigenvalue weighted by molar-refractivity contribution is -0.917. The minimum absolute atomic E-state index is 0.182. The van der Waals surface area contributed by atoms with Gasteiger partial charge in [0.2, 0.25) is 6.04 Å². The standard InChI is InChI=1S/C15H14ClNO3S/c16-12-4-2-1-3-11(12)14(15(18)19)17(20)7-5-13-10(9-17)6-8-21-13/h1-4,6,8,14H,5,7,9H2,(H,18,19)/t14-,17?/m0/s1. The van der Waals surface area contributed by atoms with Crippen LogP contribution in [0.5, 0.6) is 0 Å². The maximum Gasteiger partial charge on any atom is 0.367 e. The van der Waals surface area contributed by atoms with Crippen molar-refractivity contribution in [1.29, 1.82) is 0 Å². The molecule has 2 heterocycles. The highest BCUT2D eigenvalue weighted by Crippen LogP contribution is 2.38. The van der Waals surface area contributed by atoms with Gasteiger partial charge in [0.05, 0.1) is 11.6 Å². The first-order valence-electron chi connectivity index (χ1n) is 6.61. The zero-order valence-electron chi connectivity index (χ0n) is 11.2. The van der Waals surface area contributed by atoms with Crippen LogP contribution >= 0.6 is 22.9 Å². The highest BCUT2D eigenvalue weighted by atomic mass is 35.5. The van der Waals surface area contributed by atoms with Crippen LogP contribution in [0, 0.1) is 5.21 Å². The van der Waals surface area contributed by atoms with Crippen molar-refractivity contribution in [2.75, 3.05) is 6.54 Å². The Morgan fingerprint density at radius 2 is 2.14 bits per heavy atom. The van der Waals surface area contributed by atoms with E-state index < -0.39 is 16.7 Å². The van der Waals surface area contributed by atoms with Crippen LogP contribution in [0.3, 0.4) is 0 Å². The Balaban J connectivity index is 2.03. The van der Waals surface area contributed by atoms with Gasteiger partial charge in [-0.1, -0.05) is 29.8 Å². The summed E-state index contributed by atoms with van der Waals surface area (Å²) >= 11 is 7.74. The third kappa shape index (κ3) is 2.58. The number of hydrogen-bond acceptors (Lipinski definition) is 3. The lowest BCUT2D eigenvalue weighted by Gasteiger charge is -2.49. The van der Waals surface area contributed by atoms with Gasteiger partial charge in [-0.15, -0.1) is 11.3 Å². The Labute approximate surface area is 131 Å². The molecule has 1 aromatic carbocycles. The molecule has 2 atom stereocenters. The average Bonchev–Trinajstić information content (AvgIpc) is 2.87. The quantitative estimate of drug-likeness (QED) is 0.693. The van der Waals surface area contributed by atoms with Gasteiger partial charge in [0, 0.05) is 22.4 Å². The van der Waals surface area contributed by atoms with Gasteiger partial charge < -0.3 is 15.0 Å². The van der Waals surface area contributed by atoms with Crippen molar-refractivity contribution < 1.29 is 14.5 Å². The molecule has 2 aromatic rings. The monoisotopic (exact) mass is 323 g/mol. The molecule has 0 radical (unpaired) electrons. The molecule has 1 aliphatic heterocycles. The molecule has 6 heteroatoms. The second-order valence-corrected chi connectivity index (χ2v) is 6.62. The van der Waals surface area contributed by atoms with E-state index in [0.717, 1.165) is 5.56 Å².